The number of piperidine rings is 1. The van der Waals surface area contributed by atoms with E-state index in [0.29, 0.717) is 17.6 Å². The van der Waals surface area contributed by atoms with Crippen molar-refractivity contribution in [2.24, 2.45) is 0 Å². The van der Waals surface area contributed by atoms with E-state index in [9.17, 15) is 5.26 Å². The zero-order valence-electron chi connectivity index (χ0n) is 16.8. The summed E-state index contributed by atoms with van der Waals surface area (Å²) in [7, 11) is 0. The summed E-state index contributed by atoms with van der Waals surface area (Å²) >= 11 is 6.04. The molecule has 6 heteroatoms. The lowest BCUT2D eigenvalue weighted by molar-refractivity contribution is -0.0745. The van der Waals surface area contributed by atoms with Gasteiger partial charge in [0.2, 0.25) is 0 Å². The molecule has 2 saturated heterocycles. The Morgan fingerprint density at radius 3 is 2.69 bits per heavy atom. The summed E-state index contributed by atoms with van der Waals surface area (Å²) in [6.45, 7) is 5.75. The van der Waals surface area contributed by atoms with Gasteiger partial charge in [-0.3, -0.25) is 4.90 Å². The normalized spacial score (nSPS) is 23.7. The molecule has 152 valence electrons. The number of pyridine rings is 1. The summed E-state index contributed by atoms with van der Waals surface area (Å²) in [5, 5.41) is 10.2. The fraction of sp³-hybridized carbons (Fsp3) is 0.478. The summed E-state index contributed by atoms with van der Waals surface area (Å²) in [6.07, 6.45) is 5.16. The summed E-state index contributed by atoms with van der Waals surface area (Å²) < 4.78 is 6.00. The van der Waals surface area contributed by atoms with E-state index in [2.05, 4.69) is 39.9 Å². The fourth-order valence-corrected chi connectivity index (χ4v) is 4.66. The number of hydrogen-bond acceptors (Lipinski definition) is 5. The molecular weight excluding hydrogens is 384 g/mol. The molecule has 3 heterocycles. The predicted molar refractivity (Wildman–Crippen MR) is 115 cm³/mol. The van der Waals surface area contributed by atoms with Crippen LogP contribution in [0.3, 0.4) is 0 Å². The zero-order valence-corrected chi connectivity index (χ0v) is 17.6. The minimum atomic E-state index is 0.260. The van der Waals surface area contributed by atoms with Crippen molar-refractivity contribution in [1.82, 2.24) is 9.88 Å². The van der Waals surface area contributed by atoms with E-state index in [4.69, 9.17) is 16.3 Å². The van der Waals surface area contributed by atoms with Gasteiger partial charge in [-0.25, -0.2) is 4.98 Å². The topological polar surface area (TPSA) is 52.4 Å². The number of morpholine rings is 1. The number of hydrogen-bond donors (Lipinski definition) is 0. The van der Waals surface area contributed by atoms with Crippen LogP contribution in [0.1, 0.15) is 30.9 Å². The first-order chi connectivity index (χ1) is 14.1. The van der Waals surface area contributed by atoms with Gasteiger partial charge in [0.1, 0.15) is 11.9 Å². The van der Waals surface area contributed by atoms with E-state index in [1.54, 1.807) is 6.20 Å². The Hall–Kier alpha value is -2.13. The highest BCUT2D eigenvalue weighted by Gasteiger charge is 2.34. The first-order valence-electron chi connectivity index (χ1n) is 10.4. The van der Waals surface area contributed by atoms with E-state index in [1.165, 1.54) is 5.56 Å². The molecule has 0 bridgehead atoms. The number of ether oxygens (including phenoxy) is 1. The van der Waals surface area contributed by atoms with Gasteiger partial charge in [-0.2, -0.15) is 5.26 Å². The lowest BCUT2D eigenvalue weighted by Gasteiger charge is -2.46. The smallest absolute Gasteiger partial charge is 0.146 e. The average molecular weight is 411 g/mol. The van der Waals surface area contributed by atoms with Crippen LogP contribution in [0.5, 0.6) is 0 Å². The van der Waals surface area contributed by atoms with Gasteiger partial charge in [-0.1, -0.05) is 23.7 Å². The largest absolute Gasteiger partial charge is 0.376 e. The maximum atomic E-state index is 9.38. The van der Waals surface area contributed by atoms with Crippen molar-refractivity contribution in [3.05, 3.63) is 58.7 Å². The Morgan fingerprint density at radius 2 is 1.97 bits per heavy atom. The van der Waals surface area contributed by atoms with Crippen LogP contribution in [0.25, 0.3) is 0 Å². The molecule has 2 atom stereocenters. The summed E-state index contributed by atoms with van der Waals surface area (Å²) in [6, 6.07) is 15.0. The lowest BCUT2D eigenvalue weighted by Crippen LogP contribution is -2.56. The molecule has 2 aliphatic rings. The Bertz CT molecular complexity index is 858. The highest BCUT2D eigenvalue weighted by molar-refractivity contribution is 6.30. The molecule has 2 aromatic rings. The van der Waals surface area contributed by atoms with Crippen LogP contribution in [0.2, 0.25) is 5.02 Å². The molecule has 1 aromatic heterocycles. The van der Waals surface area contributed by atoms with Crippen LogP contribution in [-0.4, -0.2) is 54.3 Å². The van der Waals surface area contributed by atoms with Crippen LogP contribution < -0.4 is 4.90 Å². The van der Waals surface area contributed by atoms with Crippen molar-refractivity contribution < 1.29 is 4.74 Å². The zero-order chi connectivity index (χ0) is 20.2. The number of halogens is 1. The maximum absolute atomic E-state index is 9.38. The third-order valence-electron chi connectivity index (χ3n) is 6.03. The van der Waals surface area contributed by atoms with Gasteiger partial charge in [0.25, 0.3) is 0 Å². The van der Waals surface area contributed by atoms with Crippen molar-refractivity contribution >= 4 is 17.4 Å². The fourth-order valence-electron chi connectivity index (χ4n) is 4.53. The maximum Gasteiger partial charge on any atom is 0.146 e. The monoisotopic (exact) mass is 410 g/mol. The van der Waals surface area contributed by atoms with E-state index in [-0.39, 0.29) is 6.10 Å². The molecule has 0 saturated carbocycles. The van der Waals surface area contributed by atoms with Crippen molar-refractivity contribution in [3.63, 3.8) is 0 Å². The molecule has 0 unspecified atom stereocenters. The van der Waals surface area contributed by atoms with Gasteiger partial charge >= 0.3 is 0 Å². The highest BCUT2D eigenvalue weighted by atomic mass is 35.5. The van der Waals surface area contributed by atoms with Crippen LogP contribution >= 0.6 is 11.6 Å². The molecule has 0 amide bonds. The van der Waals surface area contributed by atoms with Crippen LogP contribution in [0.4, 0.5) is 5.82 Å². The second-order valence-corrected chi connectivity index (χ2v) is 8.47. The molecule has 0 radical (unpaired) electrons. The first-order valence-corrected chi connectivity index (χ1v) is 10.7. The Balaban J connectivity index is 1.43. The third-order valence-corrected chi connectivity index (χ3v) is 6.29. The first kappa shape index (κ1) is 20.2. The van der Waals surface area contributed by atoms with E-state index >= 15 is 0 Å². The van der Waals surface area contributed by atoms with Crippen LogP contribution in [-0.2, 0) is 11.2 Å². The summed E-state index contributed by atoms with van der Waals surface area (Å²) in [5.74, 6) is 0.821. The Labute approximate surface area is 177 Å². The molecule has 5 nitrogen and oxygen atoms in total. The standard InChI is InChI=1S/C23H27ClN4O/c1-17-15-28(22(16-29-17)13-18-4-6-20(24)7-5-18)21-8-11-27(12-9-21)23-19(14-25)3-2-10-26-23/h2-7,10,17,21-22H,8-9,11-13,15-16H2,1H3/t17-,22-/m0/s1. The third kappa shape index (κ3) is 4.72. The van der Waals surface area contributed by atoms with Crippen molar-refractivity contribution in [2.45, 2.75) is 44.4 Å². The number of benzene rings is 1. The minimum absolute atomic E-state index is 0.260. The van der Waals surface area contributed by atoms with Gasteiger partial charge in [0.15, 0.2) is 0 Å². The van der Waals surface area contributed by atoms with Crippen LogP contribution in [0.15, 0.2) is 42.6 Å². The van der Waals surface area contributed by atoms with Crippen LogP contribution in [0, 0.1) is 11.3 Å². The average Bonchev–Trinajstić information content (AvgIpc) is 2.76. The minimum Gasteiger partial charge on any atom is -0.376 e. The quantitative estimate of drug-likeness (QED) is 0.764. The van der Waals surface area contributed by atoms with Gasteiger partial charge in [0, 0.05) is 42.9 Å². The highest BCUT2D eigenvalue weighted by Crippen LogP contribution is 2.28. The SMILES string of the molecule is C[C@H]1CN(C2CCN(c3ncccc3C#N)CC2)[C@@H](Cc2ccc(Cl)cc2)CO1. The molecule has 2 fully saturated rings. The van der Waals surface area contributed by atoms with E-state index in [1.807, 2.05) is 24.3 Å². The van der Waals surface area contributed by atoms with Gasteiger partial charge in [0.05, 0.1) is 18.3 Å². The lowest BCUT2D eigenvalue weighted by atomic mass is 9.96. The van der Waals surface area contributed by atoms with E-state index in [0.717, 1.165) is 56.3 Å². The number of nitrogens with zero attached hydrogens (tertiary/aromatic N) is 4. The molecule has 0 spiro atoms. The second-order valence-electron chi connectivity index (χ2n) is 8.03. The van der Waals surface area contributed by atoms with E-state index < -0.39 is 0 Å². The summed E-state index contributed by atoms with van der Waals surface area (Å²) in [4.78, 5) is 9.37. The molecule has 29 heavy (non-hydrogen) atoms. The van der Waals surface area contributed by atoms with Crippen molar-refractivity contribution in [2.75, 3.05) is 31.1 Å². The molecule has 4 rings (SSSR count). The Kier molecular flexibility index (Phi) is 6.34. The number of nitriles is 1. The van der Waals surface area contributed by atoms with Gasteiger partial charge in [-0.15, -0.1) is 0 Å². The Morgan fingerprint density at radius 1 is 1.21 bits per heavy atom. The molecule has 0 aliphatic carbocycles. The number of anilines is 1. The predicted octanol–water partition coefficient (Wildman–Crippen LogP) is 3.91. The van der Waals surface area contributed by atoms with Gasteiger partial charge < -0.3 is 9.64 Å². The van der Waals surface area contributed by atoms with Crippen molar-refractivity contribution in [3.8, 4) is 6.07 Å². The second kappa shape index (κ2) is 9.13. The van der Waals surface area contributed by atoms with Crippen molar-refractivity contribution in [1.29, 1.82) is 5.26 Å². The molecular formula is C23H27ClN4O. The molecule has 0 N–H and O–H groups in total. The molecule has 2 aliphatic heterocycles. The summed E-state index contributed by atoms with van der Waals surface area (Å²) in [5.41, 5.74) is 1.96. The number of aromatic nitrogens is 1. The number of rotatable bonds is 4. The molecule has 1 aromatic carbocycles. The van der Waals surface area contributed by atoms with Gasteiger partial charge in [-0.05, 0) is 56.0 Å².